The molecule has 4 rings (SSSR count). The van der Waals surface area contributed by atoms with Crippen LogP contribution >= 0.6 is 0 Å². The molecule has 1 aromatic carbocycles. The van der Waals surface area contributed by atoms with E-state index in [2.05, 4.69) is 41.1 Å². The van der Waals surface area contributed by atoms with E-state index in [0.717, 1.165) is 50.2 Å². The predicted octanol–water partition coefficient (Wildman–Crippen LogP) is 4.18. The van der Waals surface area contributed by atoms with Crippen LogP contribution < -0.4 is 4.90 Å². The van der Waals surface area contributed by atoms with Crippen molar-refractivity contribution in [3.63, 3.8) is 0 Å². The number of rotatable bonds is 2. The molecule has 1 amide bonds. The molecule has 1 fully saturated rings. The number of hydrogen-bond acceptors (Lipinski definition) is 3. The molecule has 130 valence electrons. The monoisotopic (exact) mass is 335 g/mol. The maximum atomic E-state index is 13.0. The van der Waals surface area contributed by atoms with Gasteiger partial charge < -0.3 is 9.80 Å². The van der Waals surface area contributed by atoms with Crippen LogP contribution in [0.4, 0.5) is 11.5 Å². The Bertz CT molecular complexity index is 773. The van der Waals surface area contributed by atoms with Gasteiger partial charge in [-0.3, -0.25) is 4.79 Å². The second kappa shape index (κ2) is 6.87. The number of aromatic nitrogens is 1. The maximum Gasteiger partial charge on any atom is 0.254 e. The highest BCUT2D eigenvalue weighted by Gasteiger charge is 2.25. The lowest BCUT2D eigenvalue weighted by molar-refractivity contribution is 0.0635. The highest BCUT2D eigenvalue weighted by molar-refractivity contribution is 5.95. The molecule has 0 bridgehead atoms. The number of benzene rings is 1. The molecular formula is C21H25N3O. The molecule has 0 spiro atoms. The van der Waals surface area contributed by atoms with Gasteiger partial charge in [0.15, 0.2) is 0 Å². The van der Waals surface area contributed by atoms with Crippen molar-refractivity contribution in [3.8, 4) is 0 Å². The maximum absolute atomic E-state index is 13.0. The predicted molar refractivity (Wildman–Crippen MR) is 100 cm³/mol. The number of aryl methyl sites for hydroxylation is 1. The van der Waals surface area contributed by atoms with Gasteiger partial charge in [-0.15, -0.1) is 0 Å². The molecule has 1 atom stereocenters. The van der Waals surface area contributed by atoms with Crippen molar-refractivity contribution in [2.45, 2.75) is 45.1 Å². The number of fused-ring (bicyclic) bond motifs is 1. The van der Waals surface area contributed by atoms with Gasteiger partial charge in [-0.05, 0) is 62.8 Å². The standard InChI is InChI=1S/C21H25N3O/c1-16-7-4-5-13-23(16)21(25)18-11-12-22-20(15-18)24-14-6-9-17-8-2-3-10-19(17)24/h2-3,8,10-12,15-16H,4-7,9,13-14H2,1H3. The smallest absolute Gasteiger partial charge is 0.254 e. The molecule has 2 aliphatic rings. The average molecular weight is 335 g/mol. The molecule has 0 saturated carbocycles. The van der Waals surface area contributed by atoms with Crippen molar-refractivity contribution in [2.75, 3.05) is 18.0 Å². The normalized spacial score (nSPS) is 20.3. The lowest BCUT2D eigenvalue weighted by Gasteiger charge is -2.34. The van der Waals surface area contributed by atoms with Crippen LogP contribution in [-0.4, -0.2) is 34.9 Å². The Morgan fingerprint density at radius 3 is 2.88 bits per heavy atom. The minimum atomic E-state index is 0.140. The molecule has 2 aromatic rings. The Labute approximate surface area is 149 Å². The Kier molecular flexibility index (Phi) is 4.43. The number of amides is 1. The van der Waals surface area contributed by atoms with E-state index in [-0.39, 0.29) is 5.91 Å². The highest BCUT2D eigenvalue weighted by atomic mass is 16.2. The summed E-state index contributed by atoms with van der Waals surface area (Å²) in [7, 11) is 0. The van der Waals surface area contributed by atoms with Crippen molar-refractivity contribution in [3.05, 3.63) is 53.7 Å². The fraction of sp³-hybridized carbons (Fsp3) is 0.429. The number of carbonyl (C=O) groups is 1. The second-order valence-electron chi connectivity index (χ2n) is 7.13. The number of para-hydroxylation sites is 1. The SMILES string of the molecule is CC1CCCCN1C(=O)c1ccnc(N2CCCc3ccccc32)c1. The van der Waals surface area contributed by atoms with Crippen LogP contribution in [0, 0.1) is 0 Å². The molecule has 4 heteroatoms. The third-order valence-electron chi connectivity index (χ3n) is 5.44. The van der Waals surface area contributed by atoms with Crippen molar-refractivity contribution >= 4 is 17.4 Å². The first-order chi connectivity index (χ1) is 12.2. The van der Waals surface area contributed by atoms with E-state index in [1.54, 1.807) is 6.20 Å². The molecule has 1 saturated heterocycles. The number of likely N-dealkylation sites (tertiary alicyclic amines) is 1. The fourth-order valence-corrected chi connectivity index (χ4v) is 4.04. The van der Waals surface area contributed by atoms with Crippen LogP contribution in [0.1, 0.15) is 48.5 Å². The van der Waals surface area contributed by atoms with Crippen molar-refractivity contribution in [1.82, 2.24) is 9.88 Å². The van der Waals surface area contributed by atoms with E-state index in [1.807, 2.05) is 17.0 Å². The molecule has 0 N–H and O–H groups in total. The summed E-state index contributed by atoms with van der Waals surface area (Å²) in [5.41, 5.74) is 3.33. The molecule has 25 heavy (non-hydrogen) atoms. The second-order valence-corrected chi connectivity index (χ2v) is 7.13. The summed E-state index contributed by atoms with van der Waals surface area (Å²) in [4.78, 5) is 21.8. The molecule has 1 unspecified atom stereocenters. The number of nitrogens with zero attached hydrogens (tertiary/aromatic N) is 3. The Balaban J connectivity index is 1.63. The molecule has 0 radical (unpaired) electrons. The summed E-state index contributed by atoms with van der Waals surface area (Å²) in [5, 5.41) is 0. The van der Waals surface area contributed by atoms with E-state index in [0.29, 0.717) is 6.04 Å². The number of piperidine rings is 1. The zero-order chi connectivity index (χ0) is 17.2. The van der Waals surface area contributed by atoms with Crippen LogP contribution in [0.2, 0.25) is 0 Å². The van der Waals surface area contributed by atoms with Gasteiger partial charge in [0, 0.05) is 36.6 Å². The Hall–Kier alpha value is -2.36. The summed E-state index contributed by atoms with van der Waals surface area (Å²) < 4.78 is 0. The summed E-state index contributed by atoms with van der Waals surface area (Å²) in [5.74, 6) is 1.02. The van der Waals surface area contributed by atoms with Gasteiger partial charge in [-0.25, -0.2) is 4.98 Å². The summed E-state index contributed by atoms with van der Waals surface area (Å²) in [6.07, 6.45) is 7.42. The number of anilines is 2. The first kappa shape index (κ1) is 16.1. The topological polar surface area (TPSA) is 36.4 Å². The first-order valence-electron chi connectivity index (χ1n) is 9.36. The van der Waals surface area contributed by atoms with Gasteiger partial charge >= 0.3 is 0 Å². The molecule has 4 nitrogen and oxygen atoms in total. The average Bonchev–Trinajstić information content (AvgIpc) is 2.67. The van der Waals surface area contributed by atoms with Gasteiger partial charge in [0.25, 0.3) is 5.91 Å². The molecule has 1 aromatic heterocycles. The summed E-state index contributed by atoms with van der Waals surface area (Å²) in [6, 6.07) is 12.6. The van der Waals surface area contributed by atoms with Gasteiger partial charge in [0.05, 0.1) is 0 Å². The number of hydrogen-bond donors (Lipinski definition) is 0. The quantitative estimate of drug-likeness (QED) is 0.826. The number of carbonyl (C=O) groups excluding carboxylic acids is 1. The van der Waals surface area contributed by atoms with Gasteiger partial charge in [-0.1, -0.05) is 18.2 Å². The first-order valence-corrected chi connectivity index (χ1v) is 9.36. The Morgan fingerprint density at radius 1 is 1.12 bits per heavy atom. The van der Waals surface area contributed by atoms with Gasteiger partial charge in [0.2, 0.25) is 0 Å². The van der Waals surface area contributed by atoms with Crippen LogP contribution in [0.25, 0.3) is 0 Å². The van der Waals surface area contributed by atoms with Gasteiger partial charge in [-0.2, -0.15) is 0 Å². The van der Waals surface area contributed by atoms with Crippen LogP contribution in [0.3, 0.4) is 0 Å². The summed E-state index contributed by atoms with van der Waals surface area (Å²) >= 11 is 0. The van der Waals surface area contributed by atoms with Crippen molar-refractivity contribution < 1.29 is 4.79 Å². The van der Waals surface area contributed by atoms with Crippen molar-refractivity contribution in [2.24, 2.45) is 0 Å². The van der Waals surface area contributed by atoms with E-state index >= 15 is 0 Å². The third-order valence-corrected chi connectivity index (χ3v) is 5.44. The number of pyridine rings is 1. The van der Waals surface area contributed by atoms with Gasteiger partial charge in [0.1, 0.15) is 5.82 Å². The molecule has 2 aliphatic heterocycles. The summed E-state index contributed by atoms with van der Waals surface area (Å²) in [6.45, 7) is 3.96. The minimum Gasteiger partial charge on any atom is -0.336 e. The van der Waals surface area contributed by atoms with E-state index in [4.69, 9.17) is 0 Å². The van der Waals surface area contributed by atoms with Crippen molar-refractivity contribution in [1.29, 1.82) is 0 Å². The minimum absolute atomic E-state index is 0.140. The van der Waals surface area contributed by atoms with E-state index in [9.17, 15) is 4.79 Å². The van der Waals surface area contributed by atoms with Crippen LogP contribution in [-0.2, 0) is 6.42 Å². The largest absolute Gasteiger partial charge is 0.336 e. The van der Waals surface area contributed by atoms with E-state index in [1.165, 1.54) is 17.7 Å². The third kappa shape index (κ3) is 3.13. The van der Waals surface area contributed by atoms with Crippen LogP contribution in [0.5, 0.6) is 0 Å². The zero-order valence-corrected chi connectivity index (χ0v) is 14.8. The Morgan fingerprint density at radius 2 is 2.00 bits per heavy atom. The zero-order valence-electron chi connectivity index (χ0n) is 14.8. The highest BCUT2D eigenvalue weighted by Crippen LogP contribution is 2.32. The van der Waals surface area contributed by atoms with Crippen LogP contribution in [0.15, 0.2) is 42.6 Å². The molecular weight excluding hydrogens is 310 g/mol. The fourth-order valence-electron chi connectivity index (χ4n) is 4.04. The lowest BCUT2D eigenvalue weighted by atomic mass is 10.0. The molecule has 0 aliphatic carbocycles. The molecule has 3 heterocycles. The lowest BCUT2D eigenvalue weighted by Crippen LogP contribution is -2.42. The van der Waals surface area contributed by atoms with E-state index < -0.39 is 0 Å².